The number of halogens is 1. The van der Waals surface area contributed by atoms with Crippen molar-refractivity contribution in [2.24, 2.45) is 5.73 Å². The Balaban J connectivity index is 1.95. The maximum Gasteiger partial charge on any atom is 0.240 e. The molecule has 3 N–H and O–H groups in total. The number of benzene rings is 1. The summed E-state index contributed by atoms with van der Waals surface area (Å²) in [5.41, 5.74) is 5.52. The largest absolute Gasteiger partial charge is 0.392 e. The normalized spacial score (nSPS) is 17.8. The highest BCUT2D eigenvalue weighted by atomic mass is 79.9. The zero-order valence-electron chi connectivity index (χ0n) is 11.5. The lowest BCUT2D eigenvalue weighted by Crippen LogP contribution is -2.46. The van der Waals surface area contributed by atoms with Crippen molar-refractivity contribution >= 4 is 43.2 Å². The zero-order valence-corrected chi connectivity index (χ0v) is 14.7. The molecule has 0 unspecified atom stereocenters. The van der Waals surface area contributed by atoms with Crippen molar-refractivity contribution in [2.45, 2.75) is 23.8 Å². The lowest BCUT2D eigenvalue weighted by Gasteiger charge is -2.31. The highest BCUT2D eigenvalue weighted by Gasteiger charge is 2.24. The molecular formula is C13H18BrN3O2S2. The predicted molar refractivity (Wildman–Crippen MR) is 90.7 cm³/mol. The third-order valence-corrected chi connectivity index (χ3v) is 5.54. The van der Waals surface area contributed by atoms with Gasteiger partial charge >= 0.3 is 0 Å². The van der Waals surface area contributed by atoms with E-state index in [2.05, 4.69) is 25.6 Å². The van der Waals surface area contributed by atoms with E-state index in [1.165, 1.54) is 0 Å². The molecule has 0 bridgehead atoms. The Morgan fingerprint density at radius 1 is 1.43 bits per heavy atom. The molecule has 1 heterocycles. The van der Waals surface area contributed by atoms with Gasteiger partial charge in [0, 0.05) is 30.1 Å². The van der Waals surface area contributed by atoms with Crippen LogP contribution in [0.15, 0.2) is 33.6 Å². The van der Waals surface area contributed by atoms with Gasteiger partial charge in [-0.3, -0.25) is 4.90 Å². The Kier molecular flexibility index (Phi) is 5.73. The molecule has 116 valence electrons. The van der Waals surface area contributed by atoms with E-state index in [0.717, 1.165) is 30.4 Å². The molecule has 1 saturated heterocycles. The first-order valence-electron chi connectivity index (χ1n) is 6.65. The van der Waals surface area contributed by atoms with Crippen molar-refractivity contribution in [3.63, 3.8) is 0 Å². The number of likely N-dealkylation sites (tertiary alicyclic amines) is 1. The molecule has 0 spiro atoms. The summed E-state index contributed by atoms with van der Waals surface area (Å²) in [6.45, 7) is 2.19. The Morgan fingerprint density at radius 3 is 2.67 bits per heavy atom. The number of hydrogen-bond acceptors (Lipinski definition) is 4. The summed E-state index contributed by atoms with van der Waals surface area (Å²) < 4.78 is 28.2. The molecule has 1 aromatic carbocycles. The van der Waals surface area contributed by atoms with Crippen LogP contribution in [0.1, 0.15) is 12.8 Å². The summed E-state index contributed by atoms with van der Waals surface area (Å²) in [5, 5.41) is 0. The van der Waals surface area contributed by atoms with Crippen LogP contribution in [0.4, 0.5) is 0 Å². The van der Waals surface area contributed by atoms with Gasteiger partial charge in [0.2, 0.25) is 10.0 Å². The van der Waals surface area contributed by atoms with E-state index in [1.807, 2.05) is 0 Å². The molecule has 0 saturated carbocycles. The van der Waals surface area contributed by atoms with Crippen LogP contribution in [0.5, 0.6) is 0 Å². The number of nitrogens with zero attached hydrogens (tertiary/aromatic N) is 1. The number of nitrogens with one attached hydrogen (secondary N) is 1. The molecule has 1 aliphatic heterocycles. The van der Waals surface area contributed by atoms with Crippen molar-refractivity contribution in [2.75, 3.05) is 19.6 Å². The van der Waals surface area contributed by atoms with Crippen LogP contribution in [-0.2, 0) is 10.0 Å². The highest BCUT2D eigenvalue weighted by Crippen LogP contribution is 2.18. The number of thiocarbonyl (C=S) groups is 1. The lowest BCUT2D eigenvalue weighted by atomic mass is 10.1. The van der Waals surface area contributed by atoms with E-state index in [4.69, 9.17) is 18.0 Å². The molecule has 1 aliphatic rings. The summed E-state index contributed by atoms with van der Waals surface area (Å²) in [7, 11) is -3.47. The van der Waals surface area contributed by atoms with Crippen molar-refractivity contribution in [3.05, 3.63) is 28.7 Å². The van der Waals surface area contributed by atoms with Crippen molar-refractivity contribution in [1.82, 2.24) is 9.62 Å². The third-order valence-electron chi connectivity index (χ3n) is 3.40. The molecule has 5 nitrogen and oxygen atoms in total. The van der Waals surface area contributed by atoms with Gasteiger partial charge in [0.15, 0.2) is 0 Å². The quantitative estimate of drug-likeness (QED) is 0.743. The molecule has 8 heteroatoms. The van der Waals surface area contributed by atoms with Crippen molar-refractivity contribution < 1.29 is 8.42 Å². The second kappa shape index (κ2) is 7.15. The van der Waals surface area contributed by atoms with Gasteiger partial charge in [-0.15, -0.1) is 0 Å². The van der Waals surface area contributed by atoms with Gasteiger partial charge in [-0.2, -0.15) is 0 Å². The number of nitrogens with two attached hydrogens (primary N) is 1. The first-order chi connectivity index (χ1) is 9.87. The maximum absolute atomic E-state index is 12.3. The van der Waals surface area contributed by atoms with E-state index >= 15 is 0 Å². The molecule has 2 rings (SSSR count). The molecule has 1 aromatic rings. The van der Waals surface area contributed by atoms with Gasteiger partial charge < -0.3 is 5.73 Å². The van der Waals surface area contributed by atoms with Crippen LogP contribution in [0.3, 0.4) is 0 Å². The SMILES string of the molecule is NC(=S)CN1CCC(NS(=O)(=O)c2cccc(Br)c2)CC1. The second-order valence-electron chi connectivity index (χ2n) is 5.10. The van der Waals surface area contributed by atoms with E-state index in [1.54, 1.807) is 24.3 Å². The van der Waals surface area contributed by atoms with Gasteiger partial charge in [0.05, 0.1) is 9.88 Å². The summed E-state index contributed by atoms with van der Waals surface area (Å²) in [5.74, 6) is 0. The summed E-state index contributed by atoms with van der Waals surface area (Å²) in [6, 6.07) is 6.66. The number of piperidine rings is 1. The smallest absolute Gasteiger partial charge is 0.240 e. The minimum Gasteiger partial charge on any atom is -0.392 e. The minimum absolute atomic E-state index is 0.0448. The van der Waals surface area contributed by atoms with Gasteiger partial charge in [0.1, 0.15) is 0 Å². The van der Waals surface area contributed by atoms with Gasteiger partial charge in [-0.05, 0) is 31.0 Å². The number of hydrogen-bond donors (Lipinski definition) is 2. The Morgan fingerprint density at radius 2 is 2.10 bits per heavy atom. The average molecular weight is 392 g/mol. The van der Waals surface area contributed by atoms with Crippen molar-refractivity contribution in [1.29, 1.82) is 0 Å². The fourth-order valence-corrected chi connectivity index (χ4v) is 4.43. The Labute approximate surface area is 139 Å². The summed E-state index contributed by atoms with van der Waals surface area (Å²) >= 11 is 8.18. The lowest BCUT2D eigenvalue weighted by molar-refractivity contribution is 0.233. The average Bonchev–Trinajstić information content (AvgIpc) is 2.40. The van der Waals surface area contributed by atoms with Crippen LogP contribution < -0.4 is 10.5 Å². The minimum atomic E-state index is -3.47. The topological polar surface area (TPSA) is 75.4 Å². The molecule has 0 atom stereocenters. The van der Waals surface area contributed by atoms with E-state index in [0.29, 0.717) is 11.5 Å². The maximum atomic E-state index is 12.3. The monoisotopic (exact) mass is 391 g/mol. The molecule has 0 amide bonds. The van der Waals surface area contributed by atoms with E-state index < -0.39 is 10.0 Å². The molecular weight excluding hydrogens is 374 g/mol. The Bertz CT molecular complexity index is 614. The fraction of sp³-hybridized carbons (Fsp3) is 0.462. The van der Waals surface area contributed by atoms with Gasteiger partial charge in [-0.25, -0.2) is 13.1 Å². The molecule has 0 radical (unpaired) electrons. The fourth-order valence-electron chi connectivity index (χ4n) is 2.35. The molecule has 0 aromatic heterocycles. The van der Waals surface area contributed by atoms with Gasteiger partial charge in [-0.1, -0.05) is 34.2 Å². The molecule has 0 aliphatic carbocycles. The predicted octanol–water partition coefficient (Wildman–Crippen LogP) is 1.48. The zero-order chi connectivity index (χ0) is 15.5. The van der Waals surface area contributed by atoms with Crippen molar-refractivity contribution in [3.8, 4) is 0 Å². The summed E-state index contributed by atoms with van der Waals surface area (Å²) in [4.78, 5) is 2.90. The second-order valence-corrected chi connectivity index (χ2v) is 8.25. The highest BCUT2D eigenvalue weighted by molar-refractivity contribution is 9.10. The van der Waals surface area contributed by atoms with Crippen LogP contribution in [0.25, 0.3) is 0 Å². The third kappa shape index (κ3) is 5.00. The van der Waals surface area contributed by atoms with Crippen LogP contribution in [0, 0.1) is 0 Å². The number of sulfonamides is 1. The van der Waals surface area contributed by atoms with Crippen LogP contribution >= 0.6 is 28.1 Å². The standard InChI is InChI=1S/C13H18BrN3O2S2/c14-10-2-1-3-12(8-10)21(18,19)16-11-4-6-17(7-5-11)9-13(15)20/h1-3,8,11,16H,4-7,9H2,(H2,15,20). The molecule has 1 fully saturated rings. The number of rotatable bonds is 5. The van der Waals surface area contributed by atoms with E-state index in [-0.39, 0.29) is 10.9 Å². The first kappa shape index (κ1) is 16.8. The van der Waals surface area contributed by atoms with Gasteiger partial charge in [0.25, 0.3) is 0 Å². The van der Waals surface area contributed by atoms with E-state index in [9.17, 15) is 8.42 Å². The first-order valence-corrected chi connectivity index (χ1v) is 9.34. The van der Waals surface area contributed by atoms with Crippen LogP contribution in [-0.4, -0.2) is 44.0 Å². The molecule has 21 heavy (non-hydrogen) atoms. The summed E-state index contributed by atoms with van der Waals surface area (Å²) in [6.07, 6.45) is 1.52. The Hall–Kier alpha value is -0.540. The van der Waals surface area contributed by atoms with Crippen LogP contribution in [0.2, 0.25) is 0 Å².